The standard InChI is InChI=1S/C15H32N2/c1-5-7-10-17(6-2)12-13-11-15(3,4)9-8-14(13)16/h13-14H,5-12,16H2,1-4H3. The van der Waals surface area contributed by atoms with Crippen LogP contribution in [0.15, 0.2) is 0 Å². The molecular formula is C15H32N2. The summed E-state index contributed by atoms with van der Waals surface area (Å²) in [7, 11) is 0. The van der Waals surface area contributed by atoms with Gasteiger partial charge in [0.1, 0.15) is 0 Å². The Morgan fingerprint density at radius 2 is 2.00 bits per heavy atom. The fourth-order valence-electron chi connectivity index (χ4n) is 3.05. The van der Waals surface area contributed by atoms with E-state index in [9.17, 15) is 0 Å². The van der Waals surface area contributed by atoms with Crippen LogP contribution in [0.4, 0.5) is 0 Å². The van der Waals surface area contributed by atoms with Crippen LogP contribution in [-0.4, -0.2) is 30.6 Å². The lowest BCUT2D eigenvalue weighted by Gasteiger charge is -2.41. The molecule has 1 aliphatic carbocycles. The quantitative estimate of drug-likeness (QED) is 0.772. The second-order valence-corrected chi connectivity index (χ2v) is 6.58. The molecule has 0 heterocycles. The predicted molar refractivity (Wildman–Crippen MR) is 76.1 cm³/mol. The summed E-state index contributed by atoms with van der Waals surface area (Å²) in [6.45, 7) is 13.0. The molecule has 1 rings (SSSR count). The lowest BCUT2D eigenvalue weighted by atomic mass is 9.70. The van der Waals surface area contributed by atoms with E-state index in [1.165, 1.54) is 51.7 Å². The van der Waals surface area contributed by atoms with Crippen LogP contribution in [0, 0.1) is 11.3 Å². The Labute approximate surface area is 108 Å². The Balaban J connectivity index is 2.46. The summed E-state index contributed by atoms with van der Waals surface area (Å²) in [6.07, 6.45) is 6.42. The van der Waals surface area contributed by atoms with E-state index < -0.39 is 0 Å². The highest BCUT2D eigenvalue weighted by molar-refractivity contribution is 4.88. The van der Waals surface area contributed by atoms with Crippen molar-refractivity contribution in [1.29, 1.82) is 0 Å². The van der Waals surface area contributed by atoms with E-state index in [-0.39, 0.29) is 0 Å². The van der Waals surface area contributed by atoms with Crippen LogP contribution in [0.2, 0.25) is 0 Å². The van der Waals surface area contributed by atoms with Crippen molar-refractivity contribution in [3.63, 3.8) is 0 Å². The van der Waals surface area contributed by atoms with Gasteiger partial charge in [0.2, 0.25) is 0 Å². The number of nitrogens with two attached hydrogens (primary N) is 1. The van der Waals surface area contributed by atoms with Gasteiger partial charge in [0, 0.05) is 12.6 Å². The summed E-state index contributed by atoms with van der Waals surface area (Å²) >= 11 is 0. The van der Waals surface area contributed by atoms with E-state index in [4.69, 9.17) is 5.73 Å². The zero-order valence-corrected chi connectivity index (χ0v) is 12.3. The minimum absolute atomic E-state index is 0.429. The van der Waals surface area contributed by atoms with Crippen molar-refractivity contribution in [2.45, 2.75) is 65.8 Å². The van der Waals surface area contributed by atoms with E-state index in [0.29, 0.717) is 17.4 Å². The Morgan fingerprint density at radius 3 is 2.59 bits per heavy atom. The smallest absolute Gasteiger partial charge is 0.00797 e. The first-order chi connectivity index (χ1) is 7.98. The van der Waals surface area contributed by atoms with Crippen molar-refractivity contribution in [2.24, 2.45) is 17.1 Å². The molecule has 2 unspecified atom stereocenters. The van der Waals surface area contributed by atoms with Gasteiger partial charge in [-0.05, 0) is 50.1 Å². The van der Waals surface area contributed by atoms with Gasteiger partial charge in [0.15, 0.2) is 0 Å². The van der Waals surface area contributed by atoms with Crippen molar-refractivity contribution >= 4 is 0 Å². The fourth-order valence-corrected chi connectivity index (χ4v) is 3.05. The molecule has 102 valence electrons. The first-order valence-electron chi connectivity index (χ1n) is 7.46. The topological polar surface area (TPSA) is 29.3 Å². The molecule has 0 saturated heterocycles. The third-order valence-corrected chi connectivity index (χ3v) is 4.34. The highest BCUT2D eigenvalue weighted by Gasteiger charge is 2.33. The fraction of sp³-hybridized carbons (Fsp3) is 1.00. The van der Waals surface area contributed by atoms with Crippen molar-refractivity contribution in [1.82, 2.24) is 4.90 Å². The average molecular weight is 240 g/mol. The van der Waals surface area contributed by atoms with Gasteiger partial charge in [0.05, 0.1) is 0 Å². The van der Waals surface area contributed by atoms with Crippen LogP contribution >= 0.6 is 0 Å². The molecule has 2 N–H and O–H groups in total. The summed E-state index contributed by atoms with van der Waals surface area (Å²) in [4.78, 5) is 2.59. The second-order valence-electron chi connectivity index (χ2n) is 6.58. The molecule has 0 aromatic heterocycles. The third kappa shape index (κ3) is 4.97. The Bertz CT molecular complexity index is 213. The zero-order chi connectivity index (χ0) is 12.9. The largest absolute Gasteiger partial charge is 0.327 e. The summed E-state index contributed by atoms with van der Waals surface area (Å²) in [5.74, 6) is 0.704. The Morgan fingerprint density at radius 1 is 1.29 bits per heavy atom. The van der Waals surface area contributed by atoms with Gasteiger partial charge in [0.25, 0.3) is 0 Å². The van der Waals surface area contributed by atoms with E-state index >= 15 is 0 Å². The molecule has 1 fully saturated rings. The summed E-state index contributed by atoms with van der Waals surface area (Å²) in [6, 6.07) is 0.429. The molecule has 0 aromatic rings. The summed E-state index contributed by atoms with van der Waals surface area (Å²) < 4.78 is 0. The van der Waals surface area contributed by atoms with E-state index in [1.807, 2.05) is 0 Å². The van der Waals surface area contributed by atoms with Gasteiger partial charge in [-0.2, -0.15) is 0 Å². The molecule has 1 saturated carbocycles. The van der Waals surface area contributed by atoms with E-state index in [1.54, 1.807) is 0 Å². The molecule has 0 aromatic carbocycles. The highest BCUT2D eigenvalue weighted by Crippen LogP contribution is 2.38. The van der Waals surface area contributed by atoms with E-state index in [2.05, 4.69) is 32.6 Å². The number of hydrogen-bond acceptors (Lipinski definition) is 2. The minimum Gasteiger partial charge on any atom is -0.327 e. The zero-order valence-electron chi connectivity index (χ0n) is 12.3. The number of nitrogens with zero attached hydrogens (tertiary/aromatic N) is 1. The Hall–Kier alpha value is -0.0800. The summed E-state index contributed by atoms with van der Waals surface area (Å²) in [5.41, 5.74) is 6.81. The minimum atomic E-state index is 0.429. The number of rotatable bonds is 6. The van der Waals surface area contributed by atoms with Gasteiger partial charge >= 0.3 is 0 Å². The normalized spacial score (nSPS) is 28.6. The lowest BCUT2D eigenvalue weighted by molar-refractivity contribution is 0.116. The monoisotopic (exact) mass is 240 g/mol. The van der Waals surface area contributed by atoms with Crippen LogP contribution in [0.1, 0.15) is 59.8 Å². The van der Waals surface area contributed by atoms with Crippen molar-refractivity contribution in [3.8, 4) is 0 Å². The third-order valence-electron chi connectivity index (χ3n) is 4.34. The highest BCUT2D eigenvalue weighted by atomic mass is 15.1. The maximum Gasteiger partial charge on any atom is 0.00797 e. The SMILES string of the molecule is CCCCN(CC)CC1CC(C)(C)CCC1N. The van der Waals surface area contributed by atoms with Gasteiger partial charge in [-0.15, -0.1) is 0 Å². The maximum absolute atomic E-state index is 6.31. The molecule has 0 radical (unpaired) electrons. The van der Waals surface area contributed by atoms with Crippen LogP contribution in [-0.2, 0) is 0 Å². The molecule has 0 amide bonds. The first kappa shape index (κ1) is 15.0. The van der Waals surface area contributed by atoms with Crippen molar-refractivity contribution < 1.29 is 0 Å². The van der Waals surface area contributed by atoms with Crippen LogP contribution < -0.4 is 5.73 Å². The van der Waals surface area contributed by atoms with Gasteiger partial charge in [-0.1, -0.05) is 34.1 Å². The van der Waals surface area contributed by atoms with Gasteiger partial charge in [-0.3, -0.25) is 0 Å². The van der Waals surface area contributed by atoms with Crippen molar-refractivity contribution in [2.75, 3.05) is 19.6 Å². The average Bonchev–Trinajstić information content (AvgIpc) is 2.28. The summed E-state index contributed by atoms with van der Waals surface area (Å²) in [5, 5.41) is 0. The van der Waals surface area contributed by atoms with Crippen LogP contribution in [0.25, 0.3) is 0 Å². The molecule has 0 spiro atoms. The van der Waals surface area contributed by atoms with Gasteiger partial charge < -0.3 is 10.6 Å². The van der Waals surface area contributed by atoms with Gasteiger partial charge in [-0.25, -0.2) is 0 Å². The molecule has 2 nitrogen and oxygen atoms in total. The van der Waals surface area contributed by atoms with Crippen LogP contribution in [0.5, 0.6) is 0 Å². The molecule has 17 heavy (non-hydrogen) atoms. The molecule has 0 bridgehead atoms. The Kier molecular flexibility index (Phi) is 5.94. The van der Waals surface area contributed by atoms with Crippen LogP contribution in [0.3, 0.4) is 0 Å². The molecule has 2 heteroatoms. The lowest BCUT2D eigenvalue weighted by Crippen LogP contribution is -2.45. The molecule has 1 aliphatic rings. The number of unbranched alkanes of at least 4 members (excludes halogenated alkanes) is 1. The first-order valence-corrected chi connectivity index (χ1v) is 7.46. The maximum atomic E-state index is 6.31. The van der Waals surface area contributed by atoms with Crippen molar-refractivity contribution in [3.05, 3.63) is 0 Å². The number of hydrogen-bond donors (Lipinski definition) is 1. The predicted octanol–water partition coefficient (Wildman–Crippen LogP) is 3.26. The molecular weight excluding hydrogens is 208 g/mol. The molecule has 2 atom stereocenters. The molecule has 0 aliphatic heterocycles. The second kappa shape index (κ2) is 6.75. The van der Waals surface area contributed by atoms with E-state index in [0.717, 1.165) is 0 Å².